The van der Waals surface area contributed by atoms with E-state index in [0.29, 0.717) is 0 Å². The van der Waals surface area contributed by atoms with Crippen molar-refractivity contribution in [1.82, 2.24) is 9.97 Å². The second-order valence-corrected chi connectivity index (χ2v) is 10.5. The topological polar surface area (TPSA) is 25.8 Å². The number of hydrogen-bond donors (Lipinski definition) is 0. The molecule has 0 spiro atoms. The minimum absolute atomic E-state index is 0. The van der Waals surface area contributed by atoms with Crippen LogP contribution in [0, 0.1) is 12.1 Å². The van der Waals surface area contributed by atoms with E-state index in [9.17, 15) is 0 Å². The van der Waals surface area contributed by atoms with Crippen molar-refractivity contribution in [1.29, 1.82) is 0 Å². The Morgan fingerprint density at radius 1 is 0.600 bits per heavy atom. The molecule has 5 aromatic carbocycles. The normalized spacial score (nSPS) is 12.8. The molecule has 0 unspecified atom stereocenters. The summed E-state index contributed by atoms with van der Waals surface area (Å²) >= 11 is 0. The third-order valence-corrected chi connectivity index (χ3v) is 7.86. The van der Waals surface area contributed by atoms with Crippen LogP contribution in [-0.4, -0.2) is 9.97 Å². The Labute approximate surface area is 248 Å². The minimum atomic E-state index is -0.0908. The number of hydrogen-bond acceptors (Lipinski definition) is 2. The summed E-state index contributed by atoms with van der Waals surface area (Å²) in [6.45, 7) is 4.64. The first kappa shape index (κ1) is 26.1. The van der Waals surface area contributed by atoms with Crippen molar-refractivity contribution >= 4 is 32.3 Å². The van der Waals surface area contributed by atoms with Crippen LogP contribution in [0.4, 0.5) is 0 Å². The van der Waals surface area contributed by atoms with Gasteiger partial charge < -0.3 is 9.97 Å². The molecule has 2 nitrogen and oxygen atoms in total. The largest absolute Gasteiger partial charge is 0.305 e. The van der Waals surface area contributed by atoms with E-state index < -0.39 is 0 Å². The Balaban J connectivity index is 0.000000188. The van der Waals surface area contributed by atoms with Crippen LogP contribution in [0.15, 0.2) is 122 Å². The predicted molar refractivity (Wildman–Crippen MR) is 162 cm³/mol. The van der Waals surface area contributed by atoms with E-state index in [1.807, 2.05) is 54.7 Å². The van der Waals surface area contributed by atoms with Crippen LogP contribution in [0.2, 0.25) is 0 Å². The van der Waals surface area contributed by atoms with E-state index in [0.717, 1.165) is 22.5 Å². The van der Waals surface area contributed by atoms with Crippen LogP contribution in [0.25, 0.3) is 54.8 Å². The Bertz CT molecular complexity index is 1940. The standard InChI is InChI=1S/C26H18N.C11H8N.Ir/c1-26(2)22-10-6-5-9-20(22)25-24-19(13-14-27-25)18-12-11-16-7-3-4-8-17(16)21(18)15-23(24)26;1-2-6-10(7-3-1)11-8-4-5-9-12-11;/h3-8,10-15H,1-2H3;1-6,8-9H;/q2*-1;. The van der Waals surface area contributed by atoms with Gasteiger partial charge >= 0.3 is 0 Å². The first-order valence-electron chi connectivity index (χ1n) is 13.3. The SMILES string of the molecule is CC1(C)c2ccc[c-]c2-c2nccc3c2c1cc1c2ccccc2ccc31.[Ir].[c-]1ccccc1-c1ccccn1. The summed E-state index contributed by atoms with van der Waals surface area (Å²) in [5.41, 5.74) is 6.78. The summed E-state index contributed by atoms with van der Waals surface area (Å²) in [5, 5.41) is 7.78. The van der Waals surface area contributed by atoms with E-state index >= 15 is 0 Å². The average Bonchev–Trinajstić information content (AvgIpc) is 3.01. The van der Waals surface area contributed by atoms with E-state index in [2.05, 4.69) is 91.6 Å². The van der Waals surface area contributed by atoms with Gasteiger partial charge in [-0.1, -0.05) is 68.4 Å². The molecule has 2 heterocycles. The smallest absolute Gasteiger partial charge is 0.0167 e. The molecule has 3 heteroatoms. The van der Waals surface area contributed by atoms with Crippen molar-refractivity contribution in [2.75, 3.05) is 0 Å². The third kappa shape index (κ3) is 4.23. The van der Waals surface area contributed by atoms with Crippen LogP contribution in [0.5, 0.6) is 0 Å². The van der Waals surface area contributed by atoms with Gasteiger partial charge in [-0.3, -0.25) is 0 Å². The molecule has 0 saturated carbocycles. The van der Waals surface area contributed by atoms with Gasteiger partial charge in [-0.2, -0.15) is 0 Å². The number of fused-ring (bicyclic) bond motifs is 6. The van der Waals surface area contributed by atoms with Crippen molar-refractivity contribution in [3.8, 4) is 22.5 Å². The van der Waals surface area contributed by atoms with Gasteiger partial charge in [-0.15, -0.1) is 71.3 Å². The second kappa shape index (κ2) is 10.4. The number of pyridine rings is 2. The maximum atomic E-state index is 4.78. The molecule has 7 aromatic rings. The summed E-state index contributed by atoms with van der Waals surface area (Å²) in [6, 6.07) is 44.3. The number of rotatable bonds is 1. The molecule has 1 aliphatic rings. The molecule has 2 aromatic heterocycles. The van der Waals surface area contributed by atoms with Gasteiger partial charge in [0.25, 0.3) is 0 Å². The Morgan fingerprint density at radius 2 is 1.43 bits per heavy atom. The quantitative estimate of drug-likeness (QED) is 0.127. The van der Waals surface area contributed by atoms with Crippen LogP contribution >= 0.6 is 0 Å². The second-order valence-electron chi connectivity index (χ2n) is 10.5. The van der Waals surface area contributed by atoms with Crippen LogP contribution in [0.3, 0.4) is 0 Å². The average molecular weight is 691 g/mol. The van der Waals surface area contributed by atoms with E-state index in [1.165, 1.54) is 43.4 Å². The molecule has 8 rings (SSSR count). The first-order valence-corrected chi connectivity index (χ1v) is 13.3. The van der Waals surface area contributed by atoms with Gasteiger partial charge in [-0.05, 0) is 66.8 Å². The Kier molecular flexibility index (Phi) is 6.80. The first-order chi connectivity index (χ1) is 19.1. The molecule has 0 N–H and O–H groups in total. The predicted octanol–water partition coefficient (Wildman–Crippen LogP) is 9.19. The van der Waals surface area contributed by atoms with E-state index in [1.54, 1.807) is 6.20 Å². The maximum Gasteiger partial charge on any atom is 0.0167 e. The fourth-order valence-electron chi connectivity index (χ4n) is 5.92. The zero-order valence-corrected chi connectivity index (χ0v) is 24.7. The maximum absolute atomic E-state index is 4.78. The van der Waals surface area contributed by atoms with Crippen LogP contribution in [-0.2, 0) is 25.5 Å². The van der Waals surface area contributed by atoms with Crippen molar-refractivity contribution in [3.05, 3.63) is 145 Å². The van der Waals surface area contributed by atoms with Crippen molar-refractivity contribution in [2.24, 2.45) is 0 Å². The Hall–Kier alpha value is -4.17. The van der Waals surface area contributed by atoms with Crippen molar-refractivity contribution in [2.45, 2.75) is 19.3 Å². The molecule has 0 amide bonds. The summed E-state index contributed by atoms with van der Waals surface area (Å²) in [5.74, 6) is 0. The molecule has 1 aliphatic carbocycles. The monoisotopic (exact) mass is 691 g/mol. The van der Waals surface area contributed by atoms with Gasteiger partial charge in [0, 0.05) is 32.5 Å². The molecule has 40 heavy (non-hydrogen) atoms. The molecule has 0 aliphatic heterocycles. The zero-order chi connectivity index (χ0) is 26.4. The molecular weight excluding hydrogens is 665 g/mol. The number of benzene rings is 5. The molecule has 195 valence electrons. The van der Waals surface area contributed by atoms with Crippen molar-refractivity contribution in [3.63, 3.8) is 0 Å². The molecular formula is C37H26IrN2-2. The van der Waals surface area contributed by atoms with Crippen LogP contribution < -0.4 is 0 Å². The van der Waals surface area contributed by atoms with Gasteiger partial charge in [0.05, 0.1) is 0 Å². The summed E-state index contributed by atoms with van der Waals surface area (Å²) in [6.07, 6.45) is 3.73. The molecule has 1 radical (unpaired) electrons. The Morgan fingerprint density at radius 3 is 2.25 bits per heavy atom. The molecule has 0 bridgehead atoms. The number of aromatic nitrogens is 2. The fourth-order valence-corrected chi connectivity index (χ4v) is 5.92. The fraction of sp³-hybridized carbons (Fsp3) is 0.0811. The van der Waals surface area contributed by atoms with Gasteiger partial charge in [0.15, 0.2) is 0 Å². The molecule has 0 fully saturated rings. The van der Waals surface area contributed by atoms with Gasteiger partial charge in [-0.25, -0.2) is 0 Å². The zero-order valence-electron chi connectivity index (χ0n) is 22.3. The third-order valence-electron chi connectivity index (χ3n) is 7.86. The van der Waals surface area contributed by atoms with Gasteiger partial charge in [0.1, 0.15) is 0 Å². The number of nitrogens with zero attached hydrogens (tertiary/aromatic N) is 2. The van der Waals surface area contributed by atoms with Gasteiger partial charge in [0.2, 0.25) is 0 Å². The van der Waals surface area contributed by atoms with Crippen molar-refractivity contribution < 1.29 is 20.1 Å². The summed E-state index contributed by atoms with van der Waals surface area (Å²) in [4.78, 5) is 9.00. The molecule has 0 saturated heterocycles. The van der Waals surface area contributed by atoms with E-state index in [-0.39, 0.29) is 25.5 Å². The van der Waals surface area contributed by atoms with Crippen LogP contribution in [0.1, 0.15) is 25.0 Å². The van der Waals surface area contributed by atoms with E-state index in [4.69, 9.17) is 4.98 Å². The molecule has 0 atom stereocenters. The summed E-state index contributed by atoms with van der Waals surface area (Å²) in [7, 11) is 0. The summed E-state index contributed by atoms with van der Waals surface area (Å²) < 4.78 is 0. The minimum Gasteiger partial charge on any atom is -0.305 e.